The van der Waals surface area contributed by atoms with Gasteiger partial charge in [0.25, 0.3) is 5.56 Å². The van der Waals surface area contributed by atoms with Crippen LogP contribution in [0.15, 0.2) is 35.4 Å². The number of nitrogens with one attached hydrogen (secondary N) is 1. The van der Waals surface area contributed by atoms with Crippen LogP contribution >= 0.6 is 22.9 Å². The summed E-state index contributed by atoms with van der Waals surface area (Å²) >= 11 is 6.95. The average Bonchev–Trinajstić information content (AvgIpc) is 3.01. The molecule has 2 heterocycles. The number of benzene rings is 1. The molecule has 0 aliphatic heterocycles. The lowest BCUT2D eigenvalue weighted by Gasteiger charge is -2.07. The van der Waals surface area contributed by atoms with Gasteiger partial charge >= 0.3 is 5.97 Å². The van der Waals surface area contributed by atoms with Crippen molar-refractivity contribution in [1.29, 1.82) is 0 Å². The predicted molar refractivity (Wildman–Crippen MR) is 108 cm³/mol. The summed E-state index contributed by atoms with van der Waals surface area (Å²) in [7, 11) is 0. The summed E-state index contributed by atoms with van der Waals surface area (Å²) in [5.41, 5.74) is 1.05. The second-order valence-corrected chi connectivity index (χ2v) is 7.47. The van der Waals surface area contributed by atoms with Gasteiger partial charge in [-0.1, -0.05) is 23.7 Å². The second kappa shape index (κ2) is 8.53. The van der Waals surface area contributed by atoms with E-state index in [2.05, 4.69) is 10.3 Å². The summed E-state index contributed by atoms with van der Waals surface area (Å²) in [4.78, 5) is 42.1. The molecule has 0 saturated carbocycles. The molecule has 1 N–H and O–H groups in total. The number of fused-ring (bicyclic) bond motifs is 1. The summed E-state index contributed by atoms with van der Waals surface area (Å²) in [6.45, 7) is 3.80. The first-order chi connectivity index (χ1) is 13.4. The number of esters is 1. The Hall–Kier alpha value is -2.71. The zero-order valence-electron chi connectivity index (χ0n) is 15.3. The monoisotopic (exact) mass is 419 g/mol. The van der Waals surface area contributed by atoms with E-state index < -0.39 is 5.97 Å². The van der Waals surface area contributed by atoms with Crippen molar-refractivity contribution in [2.45, 2.75) is 26.9 Å². The topological polar surface area (TPSA) is 90.3 Å². The van der Waals surface area contributed by atoms with Gasteiger partial charge in [-0.25, -0.2) is 9.78 Å². The molecular weight excluding hydrogens is 402 g/mol. The molecule has 9 heteroatoms. The van der Waals surface area contributed by atoms with E-state index in [1.807, 2.05) is 12.1 Å². The zero-order chi connectivity index (χ0) is 20.3. The Morgan fingerprint density at radius 2 is 2.00 bits per heavy atom. The van der Waals surface area contributed by atoms with Crippen molar-refractivity contribution < 1.29 is 14.3 Å². The molecule has 0 bridgehead atoms. The average molecular weight is 420 g/mol. The number of hydrogen-bond acceptors (Lipinski definition) is 6. The number of ether oxygens (including phenoxy) is 1. The molecule has 1 aromatic carbocycles. The Balaban J connectivity index is 1.77. The van der Waals surface area contributed by atoms with Crippen molar-refractivity contribution in [1.82, 2.24) is 14.9 Å². The normalized spacial score (nSPS) is 10.8. The first-order valence-corrected chi connectivity index (χ1v) is 9.77. The third-order valence-electron chi connectivity index (χ3n) is 4.10. The second-order valence-electron chi connectivity index (χ2n) is 6.04. The van der Waals surface area contributed by atoms with Crippen LogP contribution in [0.2, 0.25) is 5.02 Å². The quantitative estimate of drug-likeness (QED) is 0.620. The van der Waals surface area contributed by atoms with Crippen molar-refractivity contribution in [3.05, 3.63) is 62.0 Å². The van der Waals surface area contributed by atoms with Crippen molar-refractivity contribution in [2.75, 3.05) is 6.61 Å². The Bertz CT molecular complexity index is 1090. The Morgan fingerprint density at radius 3 is 2.68 bits per heavy atom. The maximum atomic E-state index is 12.8. The standard InChI is InChI=1S/C19H18ClN3O4S/c1-3-27-19(26)16-11(2)15-17(28-16)22-10-23(18(15)25)9-14(24)21-8-12-4-6-13(20)7-5-12/h4-7,10H,3,8-9H2,1-2H3,(H,21,24). The molecule has 3 rings (SSSR count). The van der Waals surface area contributed by atoms with E-state index in [9.17, 15) is 14.4 Å². The van der Waals surface area contributed by atoms with Crippen molar-refractivity contribution in [2.24, 2.45) is 0 Å². The minimum atomic E-state index is -0.477. The lowest BCUT2D eigenvalue weighted by Crippen LogP contribution is -2.32. The van der Waals surface area contributed by atoms with E-state index in [1.165, 1.54) is 10.9 Å². The number of rotatable bonds is 6. The van der Waals surface area contributed by atoms with Gasteiger partial charge in [0.1, 0.15) is 16.3 Å². The van der Waals surface area contributed by atoms with Gasteiger partial charge in [0.2, 0.25) is 5.91 Å². The van der Waals surface area contributed by atoms with Crippen LogP contribution in [0.25, 0.3) is 10.2 Å². The molecule has 0 radical (unpaired) electrons. The van der Waals surface area contributed by atoms with E-state index in [1.54, 1.807) is 26.0 Å². The molecule has 146 valence electrons. The molecular formula is C19H18ClN3O4S. The van der Waals surface area contributed by atoms with Crippen LogP contribution in [0.1, 0.15) is 27.7 Å². The summed E-state index contributed by atoms with van der Waals surface area (Å²) in [6.07, 6.45) is 1.32. The molecule has 2 aromatic heterocycles. The number of amides is 1. The molecule has 0 unspecified atom stereocenters. The fourth-order valence-corrected chi connectivity index (χ4v) is 3.84. The van der Waals surface area contributed by atoms with E-state index in [4.69, 9.17) is 16.3 Å². The highest BCUT2D eigenvalue weighted by Crippen LogP contribution is 2.27. The maximum Gasteiger partial charge on any atom is 0.348 e. The highest BCUT2D eigenvalue weighted by molar-refractivity contribution is 7.20. The Kier molecular flexibility index (Phi) is 6.11. The number of carbonyl (C=O) groups is 2. The number of hydrogen-bond donors (Lipinski definition) is 1. The molecule has 0 fully saturated rings. The van der Waals surface area contributed by atoms with E-state index >= 15 is 0 Å². The Morgan fingerprint density at radius 1 is 1.29 bits per heavy atom. The molecule has 1 amide bonds. The molecule has 0 spiro atoms. The van der Waals surface area contributed by atoms with Gasteiger partial charge in [-0.05, 0) is 37.1 Å². The van der Waals surface area contributed by atoms with E-state index in [-0.39, 0.29) is 24.6 Å². The maximum absolute atomic E-state index is 12.8. The molecule has 28 heavy (non-hydrogen) atoms. The van der Waals surface area contributed by atoms with Gasteiger partial charge in [0, 0.05) is 11.6 Å². The van der Waals surface area contributed by atoms with Crippen LogP contribution in [0, 0.1) is 6.92 Å². The lowest BCUT2D eigenvalue weighted by atomic mass is 10.2. The van der Waals surface area contributed by atoms with Crippen LogP contribution in [0.4, 0.5) is 0 Å². The fourth-order valence-electron chi connectivity index (χ4n) is 2.68. The third-order valence-corrected chi connectivity index (χ3v) is 5.53. The number of thiophene rings is 1. The minimum Gasteiger partial charge on any atom is -0.462 e. The first-order valence-electron chi connectivity index (χ1n) is 8.57. The zero-order valence-corrected chi connectivity index (χ0v) is 16.9. The molecule has 7 nitrogen and oxygen atoms in total. The van der Waals surface area contributed by atoms with Gasteiger partial charge in [0.15, 0.2) is 0 Å². The summed E-state index contributed by atoms with van der Waals surface area (Å²) in [5, 5.41) is 3.71. The van der Waals surface area contributed by atoms with Gasteiger partial charge in [-0.15, -0.1) is 11.3 Å². The largest absolute Gasteiger partial charge is 0.462 e. The molecule has 0 aliphatic rings. The number of aromatic nitrogens is 2. The number of carbonyl (C=O) groups excluding carboxylic acids is 2. The van der Waals surface area contributed by atoms with Crippen LogP contribution in [0.3, 0.4) is 0 Å². The molecule has 3 aromatic rings. The van der Waals surface area contributed by atoms with E-state index in [0.717, 1.165) is 16.9 Å². The highest BCUT2D eigenvalue weighted by Gasteiger charge is 2.20. The number of aryl methyl sites for hydroxylation is 1. The van der Waals surface area contributed by atoms with Crippen molar-refractivity contribution in [3.8, 4) is 0 Å². The van der Waals surface area contributed by atoms with Crippen LogP contribution in [0.5, 0.6) is 0 Å². The number of nitrogens with zero attached hydrogens (tertiary/aromatic N) is 2. The summed E-state index contributed by atoms with van der Waals surface area (Å²) in [6, 6.07) is 7.11. The van der Waals surface area contributed by atoms with E-state index in [0.29, 0.717) is 32.2 Å². The SMILES string of the molecule is CCOC(=O)c1sc2ncn(CC(=O)NCc3ccc(Cl)cc3)c(=O)c2c1C. The van der Waals surface area contributed by atoms with Crippen LogP contribution < -0.4 is 10.9 Å². The fraction of sp³-hybridized carbons (Fsp3) is 0.263. The van der Waals surface area contributed by atoms with Gasteiger partial charge < -0.3 is 10.1 Å². The molecule has 0 atom stereocenters. The Labute approximate surface area is 169 Å². The smallest absolute Gasteiger partial charge is 0.348 e. The van der Waals surface area contributed by atoms with Gasteiger partial charge in [-0.3, -0.25) is 14.2 Å². The van der Waals surface area contributed by atoms with Gasteiger partial charge in [0.05, 0.1) is 18.3 Å². The van der Waals surface area contributed by atoms with Crippen molar-refractivity contribution in [3.63, 3.8) is 0 Å². The van der Waals surface area contributed by atoms with Gasteiger partial charge in [-0.2, -0.15) is 0 Å². The molecule has 0 saturated heterocycles. The highest BCUT2D eigenvalue weighted by atomic mass is 35.5. The minimum absolute atomic E-state index is 0.167. The van der Waals surface area contributed by atoms with Crippen molar-refractivity contribution >= 4 is 45.0 Å². The summed E-state index contributed by atoms with van der Waals surface area (Å²) in [5.74, 6) is -0.800. The third kappa shape index (κ3) is 4.23. The molecule has 0 aliphatic carbocycles. The predicted octanol–water partition coefficient (Wildman–Crippen LogP) is 2.91. The van der Waals surface area contributed by atoms with Crippen LogP contribution in [-0.2, 0) is 22.6 Å². The number of halogens is 1. The summed E-state index contributed by atoms with van der Waals surface area (Å²) < 4.78 is 6.25. The lowest BCUT2D eigenvalue weighted by molar-refractivity contribution is -0.121. The first kappa shape index (κ1) is 20.0. The van der Waals surface area contributed by atoms with Crippen LogP contribution in [-0.4, -0.2) is 28.0 Å².